The van der Waals surface area contributed by atoms with Gasteiger partial charge in [0, 0.05) is 24.7 Å². The minimum absolute atomic E-state index is 0.0114. The zero-order valence-corrected chi connectivity index (χ0v) is 18.9. The van der Waals surface area contributed by atoms with Gasteiger partial charge in [0.15, 0.2) is 15.7 Å². The number of rotatable bonds is 9. The molecule has 3 unspecified atom stereocenters. The molecule has 172 valence electrons. The summed E-state index contributed by atoms with van der Waals surface area (Å²) in [5, 5.41) is 19.1. The van der Waals surface area contributed by atoms with Crippen molar-refractivity contribution in [3.05, 3.63) is 29.3 Å². The molecule has 2 amide bonds. The van der Waals surface area contributed by atoms with Crippen molar-refractivity contribution < 1.29 is 22.7 Å². The normalized spacial score (nSPS) is 23.7. The second kappa shape index (κ2) is 9.46. The molecule has 2 aliphatic rings. The number of carbonyl (C=O) groups excluding carboxylic acids is 2. The Morgan fingerprint density at radius 3 is 2.56 bits per heavy atom. The summed E-state index contributed by atoms with van der Waals surface area (Å²) in [5.74, 6) is -2.30. The standard InChI is InChI=1S/C21H25ClN4O5S/c22-16-3-1-2-4-17(16)32(29,30)14-9-13(11-31-19(25)6-5-18(24)27)15(10-14)20(28)26-21(12-23)7-8-21/h1-4,13-15,25H,5-11H2,(H2,24,27)(H,26,28). The monoisotopic (exact) mass is 480 g/mol. The molecule has 3 atom stereocenters. The smallest absolute Gasteiger partial charge is 0.224 e. The zero-order chi connectivity index (χ0) is 23.5. The molecular weight excluding hydrogens is 456 g/mol. The van der Waals surface area contributed by atoms with E-state index < -0.39 is 44.3 Å². The van der Waals surface area contributed by atoms with Crippen molar-refractivity contribution in [3.8, 4) is 6.07 Å². The molecule has 9 nitrogen and oxygen atoms in total. The molecule has 2 saturated carbocycles. The molecule has 0 aliphatic heterocycles. The van der Waals surface area contributed by atoms with Gasteiger partial charge < -0.3 is 15.8 Å². The summed E-state index contributed by atoms with van der Waals surface area (Å²) < 4.78 is 31.9. The van der Waals surface area contributed by atoms with E-state index in [1.54, 1.807) is 12.1 Å². The van der Waals surface area contributed by atoms with Gasteiger partial charge in [-0.25, -0.2) is 8.42 Å². The van der Waals surface area contributed by atoms with E-state index in [0.29, 0.717) is 12.8 Å². The molecule has 1 aromatic rings. The molecule has 32 heavy (non-hydrogen) atoms. The van der Waals surface area contributed by atoms with E-state index in [4.69, 9.17) is 27.5 Å². The van der Waals surface area contributed by atoms with Crippen molar-refractivity contribution in [2.45, 2.75) is 54.2 Å². The zero-order valence-electron chi connectivity index (χ0n) is 17.3. The Morgan fingerprint density at radius 2 is 1.97 bits per heavy atom. The highest BCUT2D eigenvalue weighted by Gasteiger charge is 2.50. The number of nitrogens with two attached hydrogens (primary N) is 1. The highest BCUT2D eigenvalue weighted by atomic mass is 35.5. The molecule has 0 aromatic heterocycles. The predicted octanol–water partition coefficient (Wildman–Crippen LogP) is 1.94. The first-order chi connectivity index (χ1) is 15.1. The van der Waals surface area contributed by atoms with E-state index in [1.165, 1.54) is 12.1 Å². The number of carbonyl (C=O) groups is 2. The van der Waals surface area contributed by atoms with Gasteiger partial charge in [-0.15, -0.1) is 0 Å². The first-order valence-electron chi connectivity index (χ1n) is 10.3. The predicted molar refractivity (Wildman–Crippen MR) is 116 cm³/mol. The molecule has 0 bridgehead atoms. The minimum Gasteiger partial charge on any atom is -0.481 e. The molecular formula is C21H25ClN4O5S. The van der Waals surface area contributed by atoms with Crippen LogP contribution in [0.5, 0.6) is 0 Å². The van der Waals surface area contributed by atoms with Crippen LogP contribution in [0.3, 0.4) is 0 Å². The van der Waals surface area contributed by atoms with Crippen LogP contribution in [0.25, 0.3) is 0 Å². The maximum absolute atomic E-state index is 13.2. The number of ether oxygens (including phenoxy) is 1. The van der Waals surface area contributed by atoms with Gasteiger partial charge in [0.25, 0.3) is 0 Å². The first kappa shape index (κ1) is 24.0. The van der Waals surface area contributed by atoms with Crippen LogP contribution < -0.4 is 11.1 Å². The van der Waals surface area contributed by atoms with Crippen LogP contribution >= 0.6 is 11.6 Å². The topological polar surface area (TPSA) is 163 Å². The largest absolute Gasteiger partial charge is 0.481 e. The lowest BCUT2D eigenvalue weighted by Gasteiger charge is -2.21. The number of nitrogens with one attached hydrogen (secondary N) is 2. The van der Waals surface area contributed by atoms with E-state index >= 15 is 0 Å². The van der Waals surface area contributed by atoms with Crippen molar-refractivity contribution in [3.63, 3.8) is 0 Å². The van der Waals surface area contributed by atoms with Crippen LogP contribution in [0, 0.1) is 28.6 Å². The quantitative estimate of drug-likeness (QED) is 0.361. The fraction of sp³-hybridized carbons (Fsp3) is 0.524. The molecule has 4 N–H and O–H groups in total. The minimum atomic E-state index is -3.81. The Bertz CT molecular complexity index is 1060. The molecule has 2 aliphatic carbocycles. The van der Waals surface area contributed by atoms with Crippen LogP contribution in [0.15, 0.2) is 29.2 Å². The Hall–Kier alpha value is -2.64. The third-order valence-electron chi connectivity index (χ3n) is 5.97. The summed E-state index contributed by atoms with van der Waals surface area (Å²) in [5.41, 5.74) is 4.21. The summed E-state index contributed by atoms with van der Waals surface area (Å²) in [6, 6.07) is 8.25. The highest BCUT2D eigenvalue weighted by Crippen LogP contribution is 2.42. The van der Waals surface area contributed by atoms with Gasteiger partial charge >= 0.3 is 0 Å². The molecule has 0 radical (unpaired) electrons. The molecule has 1 aromatic carbocycles. The second-order valence-electron chi connectivity index (χ2n) is 8.32. The van der Waals surface area contributed by atoms with Crippen molar-refractivity contribution in [2.24, 2.45) is 17.6 Å². The lowest BCUT2D eigenvalue weighted by Crippen LogP contribution is -2.41. The Morgan fingerprint density at radius 1 is 1.28 bits per heavy atom. The molecule has 0 spiro atoms. The van der Waals surface area contributed by atoms with E-state index in [9.17, 15) is 23.3 Å². The van der Waals surface area contributed by atoms with Gasteiger partial charge in [-0.05, 0) is 37.8 Å². The number of sulfone groups is 1. The fourth-order valence-electron chi connectivity index (χ4n) is 3.92. The SMILES string of the molecule is N#CC1(NC(=O)C2CC(S(=O)(=O)c3ccccc3Cl)CC2COC(=N)CCC(N)=O)CC1. The average molecular weight is 481 g/mol. The lowest BCUT2D eigenvalue weighted by atomic mass is 9.95. The fourth-order valence-corrected chi connectivity index (χ4v) is 6.31. The summed E-state index contributed by atoms with van der Waals surface area (Å²) in [4.78, 5) is 23.9. The third kappa shape index (κ3) is 5.40. The maximum Gasteiger partial charge on any atom is 0.224 e. The number of nitriles is 1. The number of nitrogens with zero attached hydrogens (tertiary/aromatic N) is 1. The summed E-state index contributed by atoms with van der Waals surface area (Å²) >= 11 is 6.11. The maximum atomic E-state index is 13.2. The van der Waals surface area contributed by atoms with Crippen LogP contribution in [0.2, 0.25) is 5.02 Å². The van der Waals surface area contributed by atoms with Crippen molar-refractivity contribution in [1.29, 1.82) is 10.7 Å². The Balaban J connectivity index is 1.76. The number of halogens is 1. The molecule has 2 fully saturated rings. The molecule has 11 heteroatoms. The van der Waals surface area contributed by atoms with E-state index in [-0.39, 0.29) is 48.1 Å². The number of benzene rings is 1. The summed E-state index contributed by atoms with van der Waals surface area (Å²) in [6.45, 7) is -0.0518. The van der Waals surface area contributed by atoms with Crippen molar-refractivity contribution in [1.82, 2.24) is 5.32 Å². The first-order valence-corrected chi connectivity index (χ1v) is 12.2. The molecule has 0 heterocycles. The molecule has 3 rings (SSSR count). The second-order valence-corrected chi connectivity index (χ2v) is 10.9. The number of hydrogen-bond donors (Lipinski definition) is 3. The Labute approximate surface area is 191 Å². The number of amides is 2. The van der Waals surface area contributed by atoms with Gasteiger partial charge in [-0.2, -0.15) is 5.26 Å². The van der Waals surface area contributed by atoms with Crippen LogP contribution in [-0.4, -0.2) is 43.5 Å². The van der Waals surface area contributed by atoms with Crippen LogP contribution in [-0.2, 0) is 24.2 Å². The van der Waals surface area contributed by atoms with Crippen LogP contribution in [0.4, 0.5) is 0 Å². The van der Waals surface area contributed by atoms with Gasteiger partial charge in [0.1, 0.15) is 5.54 Å². The van der Waals surface area contributed by atoms with Crippen molar-refractivity contribution in [2.75, 3.05) is 6.61 Å². The van der Waals surface area contributed by atoms with Gasteiger partial charge in [0.05, 0.1) is 27.8 Å². The van der Waals surface area contributed by atoms with Crippen molar-refractivity contribution >= 4 is 39.2 Å². The van der Waals surface area contributed by atoms with Gasteiger partial charge in [-0.1, -0.05) is 23.7 Å². The van der Waals surface area contributed by atoms with Gasteiger partial charge in [0.2, 0.25) is 11.8 Å². The summed E-state index contributed by atoms with van der Waals surface area (Å²) in [6.07, 6.45) is 1.31. The third-order valence-corrected chi connectivity index (χ3v) is 8.64. The molecule has 0 saturated heterocycles. The van der Waals surface area contributed by atoms with Crippen LogP contribution in [0.1, 0.15) is 38.5 Å². The number of primary amides is 1. The van der Waals surface area contributed by atoms with E-state index in [2.05, 4.69) is 11.4 Å². The van der Waals surface area contributed by atoms with E-state index in [0.717, 1.165) is 0 Å². The average Bonchev–Trinajstić information content (AvgIpc) is 3.37. The highest BCUT2D eigenvalue weighted by molar-refractivity contribution is 7.92. The van der Waals surface area contributed by atoms with Gasteiger partial charge in [-0.3, -0.25) is 15.0 Å². The lowest BCUT2D eigenvalue weighted by molar-refractivity contribution is -0.127. The number of hydrogen-bond acceptors (Lipinski definition) is 7. The summed E-state index contributed by atoms with van der Waals surface area (Å²) in [7, 11) is -3.81. The van der Waals surface area contributed by atoms with E-state index in [1.807, 2.05) is 0 Å². The Kier molecular flexibility index (Phi) is 7.10.